The number of carbonyl (C=O) groups excluding carboxylic acids is 2. The monoisotopic (exact) mass is 338 g/mol. The van der Waals surface area contributed by atoms with Gasteiger partial charge in [0.1, 0.15) is 11.2 Å². The number of alkyl halides is 1. The van der Waals surface area contributed by atoms with E-state index in [0.717, 1.165) is 30.1 Å². The summed E-state index contributed by atoms with van der Waals surface area (Å²) < 4.78 is 5.83. The van der Waals surface area contributed by atoms with Crippen LogP contribution in [-0.4, -0.2) is 23.3 Å². The Balaban J connectivity index is 2.89. The minimum Gasteiger partial charge on any atom is -0.468 e. The Morgan fingerprint density at radius 1 is 1.44 bits per heavy atom. The van der Waals surface area contributed by atoms with Crippen LogP contribution in [0.4, 0.5) is 0 Å². The molecule has 1 rings (SSSR count). The van der Waals surface area contributed by atoms with E-state index in [2.05, 4.69) is 22.6 Å². The topological polar surface area (TPSA) is 43.4 Å². The number of ether oxygens (including phenoxy) is 1. The molecule has 0 aliphatic heterocycles. The molecular formula is C12H19IO3. The number of rotatable bonds is 4. The van der Waals surface area contributed by atoms with Crippen LogP contribution in [0.1, 0.15) is 44.9 Å². The van der Waals surface area contributed by atoms with Crippen molar-refractivity contribution in [1.82, 2.24) is 0 Å². The SMILES string of the molecule is COC(=O)C1(CCCI)CCCCCC1=O. The summed E-state index contributed by atoms with van der Waals surface area (Å²) in [4.78, 5) is 24.1. The molecule has 0 aromatic carbocycles. The normalized spacial score (nSPS) is 26.2. The van der Waals surface area contributed by atoms with E-state index in [9.17, 15) is 9.59 Å². The first-order valence-corrected chi connectivity index (χ1v) is 7.37. The van der Waals surface area contributed by atoms with Crippen LogP contribution in [0, 0.1) is 5.41 Å². The molecule has 0 aromatic rings. The summed E-state index contributed by atoms with van der Waals surface area (Å²) in [6.07, 6.45) is 5.70. The van der Waals surface area contributed by atoms with E-state index in [1.165, 1.54) is 7.11 Å². The van der Waals surface area contributed by atoms with E-state index < -0.39 is 5.41 Å². The minimum absolute atomic E-state index is 0.0988. The number of carbonyl (C=O) groups is 2. The molecule has 1 unspecified atom stereocenters. The van der Waals surface area contributed by atoms with Gasteiger partial charge in [0.15, 0.2) is 0 Å². The lowest BCUT2D eigenvalue weighted by atomic mass is 9.75. The van der Waals surface area contributed by atoms with Gasteiger partial charge in [-0.2, -0.15) is 0 Å². The van der Waals surface area contributed by atoms with E-state index in [1.807, 2.05) is 0 Å². The summed E-state index contributed by atoms with van der Waals surface area (Å²) in [7, 11) is 1.38. The minimum atomic E-state index is -0.823. The average Bonchev–Trinajstić information content (AvgIpc) is 2.49. The van der Waals surface area contributed by atoms with Crippen molar-refractivity contribution in [3.63, 3.8) is 0 Å². The molecule has 0 N–H and O–H groups in total. The van der Waals surface area contributed by atoms with Crippen LogP contribution >= 0.6 is 22.6 Å². The highest BCUT2D eigenvalue weighted by molar-refractivity contribution is 14.1. The van der Waals surface area contributed by atoms with Gasteiger partial charge in [0.2, 0.25) is 0 Å². The number of Topliss-reactive ketones (excluding diaryl/α,β-unsaturated/α-hetero) is 1. The van der Waals surface area contributed by atoms with Crippen molar-refractivity contribution in [2.24, 2.45) is 5.41 Å². The molecule has 0 radical (unpaired) electrons. The Hall–Kier alpha value is -0.130. The lowest BCUT2D eigenvalue weighted by Crippen LogP contribution is -2.39. The quantitative estimate of drug-likeness (QED) is 0.260. The number of methoxy groups -OCH3 is 1. The van der Waals surface area contributed by atoms with E-state index in [0.29, 0.717) is 19.3 Å². The van der Waals surface area contributed by atoms with Crippen LogP contribution in [0.3, 0.4) is 0 Å². The zero-order chi connectivity index (χ0) is 12.0. The molecule has 4 heteroatoms. The standard InChI is InChI=1S/C12H19IO3/c1-16-11(15)12(8-5-9-13)7-4-2-3-6-10(12)14/h2-9H2,1H3. The third kappa shape index (κ3) is 2.96. The molecule has 0 amide bonds. The van der Waals surface area contributed by atoms with Gasteiger partial charge in [-0.1, -0.05) is 35.4 Å². The first-order valence-electron chi connectivity index (χ1n) is 5.85. The fourth-order valence-electron chi connectivity index (χ4n) is 2.41. The van der Waals surface area contributed by atoms with E-state index >= 15 is 0 Å². The molecule has 1 aliphatic rings. The van der Waals surface area contributed by atoms with Crippen LogP contribution in [0.2, 0.25) is 0 Å². The molecule has 1 aliphatic carbocycles. The van der Waals surface area contributed by atoms with Crippen LogP contribution in [0.15, 0.2) is 0 Å². The molecule has 1 saturated carbocycles. The van der Waals surface area contributed by atoms with Crippen LogP contribution in [-0.2, 0) is 14.3 Å². The molecule has 0 heterocycles. The first kappa shape index (κ1) is 13.9. The number of halogens is 1. The van der Waals surface area contributed by atoms with Gasteiger partial charge in [-0.25, -0.2) is 0 Å². The van der Waals surface area contributed by atoms with E-state index in [4.69, 9.17) is 4.74 Å². The molecule has 0 spiro atoms. The predicted molar refractivity (Wildman–Crippen MR) is 70.7 cm³/mol. The molecule has 0 saturated heterocycles. The van der Waals surface area contributed by atoms with Gasteiger partial charge in [-0.15, -0.1) is 0 Å². The zero-order valence-electron chi connectivity index (χ0n) is 9.76. The van der Waals surface area contributed by atoms with Crippen LogP contribution in [0.5, 0.6) is 0 Å². The highest BCUT2D eigenvalue weighted by Crippen LogP contribution is 2.37. The predicted octanol–water partition coefficient (Wildman–Crippen LogP) is 2.89. The number of hydrogen-bond donors (Lipinski definition) is 0. The van der Waals surface area contributed by atoms with Crippen molar-refractivity contribution >= 4 is 34.3 Å². The largest absolute Gasteiger partial charge is 0.468 e. The van der Waals surface area contributed by atoms with Crippen molar-refractivity contribution in [2.75, 3.05) is 11.5 Å². The lowest BCUT2D eigenvalue weighted by molar-refractivity contribution is -0.159. The summed E-state index contributed by atoms with van der Waals surface area (Å²) in [5.74, 6) is -0.217. The molecule has 92 valence electrons. The summed E-state index contributed by atoms with van der Waals surface area (Å²) in [6.45, 7) is 0. The molecular weight excluding hydrogens is 319 g/mol. The lowest BCUT2D eigenvalue weighted by Gasteiger charge is -2.27. The second-order valence-electron chi connectivity index (χ2n) is 4.35. The number of ketones is 1. The van der Waals surface area contributed by atoms with Gasteiger partial charge in [0.25, 0.3) is 0 Å². The Morgan fingerprint density at radius 2 is 2.19 bits per heavy atom. The Morgan fingerprint density at radius 3 is 2.81 bits per heavy atom. The van der Waals surface area contributed by atoms with Gasteiger partial charge in [-0.3, -0.25) is 9.59 Å². The zero-order valence-corrected chi connectivity index (χ0v) is 11.9. The van der Waals surface area contributed by atoms with Crippen molar-refractivity contribution in [1.29, 1.82) is 0 Å². The fourth-order valence-corrected chi connectivity index (χ4v) is 2.80. The maximum Gasteiger partial charge on any atom is 0.319 e. The Kier molecular flexibility index (Phi) is 5.72. The maximum absolute atomic E-state index is 12.1. The summed E-state index contributed by atoms with van der Waals surface area (Å²) in [5.41, 5.74) is -0.823. The number of esters is 1. The molecule has 0 bridgehead atoms. The smallest absolute Gasteiger partial charge is 0.319 e. The first-order chi connectivity index (χ1) is 7.67. The van der Waals surface area contributed by atoms with E-state index in [1.54, 1.807) is 0 Å². The van der Waals surface area contributed by atoms with Crippen molar-refractivity contribution < 1.29 is 14.3 Å². The molecule has 16 heavy (non-hydrogen) atoms. The van der Waals surface area contributed by atoms with E-state index in [-0.39, 0.29) is 11.8 Å². The summed E-state index contributed by atoms with van der Waals surface area (Å²) in [5, 5.41) is 0. The molecule has 0 aromatic heterocycles. The maximum atomic E-state index is 12.1. The number of hydrogen-bond acceptors (Lipinski definition) is 3. The second-order valence-corrected chi connectivity index (χ2v) is 5.43. The highest BCUT2D eigenvalue weighted by atomic mass is 127. The van der Waals surface area contributed by atoms with Gasteiger partial charge in [0, 0.05) is 6.42 Å². The van der Waals surface area contributed by atoms with Crippen LogP contribution in [0.25, 0.3) is 0 Å². The second kappa shape index (κ2) is 6.57. The molecule has 1 fully saturated rings. The third-order valence-corrected chi connectivity index (χ3v) is 4.12. The Labute approximate surface area is 110 Å². The van der Waals surface area contributed by atoms with Gasteiger partial charge >= 0.3 is 5.97 Å². The summed E-state index contributed by atoms with van der Waals surface area (Å²) >= 11 is 2.28. The fraction of sp³-hybridized carbons (Fsp3) is 0.833. The van der Waals surface area contributed by atoms with Crippen LogP contribution < -0.4 is 0 Å². The van der Waals surface area contributed by atoms with Crippen molar-refractivity contribution in [3.05, 3.63) is 0 Å². The van der Waals surface area contributed by atoms with Crippen molar-refractivity contribution in [3.8, 4) is 0 Å². The van der Waals surface area contributed by atoms with Gasteiger partial charge in [0.05, 0.1) is 7.11 Å². The highest BCUT2D eigenvalue weighted by Gasteiger charge is 2.45. The van der Waals surface area contributed by atoms with Crippen molar-refractivity contribution in [2.45, 2.75) is 44.9 Å². The van der Waals surface area contributed by atoms with Gasteiger partial charge in [-0.05, 0) is 30.1 Å². The summed E-state index contributed by atoms with van der Waals surface area (Å²) in [6, 6.07) is 0. The Bertz CT molecular complexity index is 265. The average molecular weight is 338 g/mol. The van der Waals surface area contributed by atoms with Gasteiger partial charge < -0.3 is 4.74 Å². The molecule has 3 nitrogen and oxygen atoms in total. The molecule has 1 atom stereocenters. The third-order valence-electron chi connectivity index (χ3n) is 3.35.